The molecule has 5 amide bonds. The summed E-state index contributed by atoms with van der Waals surface area (Å²) >= 11 is 0. The third kappa shape index (κ3) is 3.74. The van der Waals surface area contributed by atoms with E-state index in [4.69, 9.17) is 4.42 Å². The van der Waals surface area contributed by atoms with Crippen molar-refractivity contribution in [3.8, 4) is 0 Å². The van der Waals surface area contributed by atoms with E-state index in [1.54, 1.807) is 47.9 Å². The Morgan fingerprint density at radius 3 is 2.22 bits per heavy atom. The van der Waals surface area contributed by atoms with Gasteiger partial charge in [0.25, 0.3) is 11.8 Å². The normalized spacial score (nSPS) is 20.2. The second-order valence-electron chi connectivity index (χ2n) is 8.14. The van der Waals surface area contributed by atoms with Gasteiger partial charge in [-0.1, -0.05) is 17.7 Å². The fourth-order valence-electron chi connectivity index (χ4n) is 4.14. The molecule has 9 heteroatoms. The first-order valence-electron chi connectivity index (χ1n) is 10.6. The van der Waals surface area contributed by atoms with E-state index in [0.717, 1.165) is 10.5 Å². The Labute approximate surface area is 186 Å². The molecule has 0 spiro atoms. The lowest BCUT2D eigenvalue weighted by Crippen LogP contribution is -2.56. The Morgan fingerprint density at radius 1 is 1.00 bits per heavy atom. The van der Waals surface area contributed by atoms with Gasteiger partial charge in [0, 0.05) is 31.9 Å². The molecule has 2 unspecified atom stereocenters. The highest BCUT2D eigenvalue weighted by atomic mass is 16.3. The highest BCUT2D eigenvalue weighted by Gasteiger charge is 2.48. The summed E-state index contributed by atoms with van der Waals surface area (Å²) in [5.74, 6) is -0.669. The van der Waals surface area contributed by atoms with Crippen molar-refractivity contribution in [2.45, 2.75) is 32.9 Å². The van der Waals surface area contributed by atoms with Crippen molar-refractivity contribution in [3.63, 3.8) is 0 Å². The van der Waals surface area contributed by atoms with Gasteiger partial charge in [-0.2, -0.15) is 0 Å². The number of urea groups is 1. The SMILES string of the molecule is Cc1ccc(N2C(=O)N(C(C)C(=O)N3CCN(C(=O)c4ccco4)CC3)C(=O)C2C)cc1. The fourth-order valence-corrected chi connectivity index (χ4v) is 4.14. The minimum absolute atomic E-state index is 0.220. The number of carbonyl (C=O) groups excluding carboxylic acids is 4. The Morgan fingerprint density at radius 2 is 1.62 bits per heavy atom. The smallest absolute Gasteiger partial charge is 0.332 e. The second-order valence-corrected chi connectivity index (χ2v) is 8.14. The number of piperazine rings is 1. The minimum atomic E-state index is -0.930. The van der Waals surface area contributed by atoms with Gasteiger partial charge in [-0.05, 0) is 45.0 Å². The van der Waals surface area contributed by atoms with Gasteiger partial charge in [-0.3, -0.25) is 19.3 Å². The lowest BCUT2D eigenvalue weighted by atomic mass is 10.2. The number of amides is 5. The number of hydrogen-bond donors (Lipinski definition) is 0. The van der Waals surface area contributed by atoms with Crippen LogP contribution in [-0.2, 0) is 9.59 Å². The molecule has 0 bridgehead atoms. The van der Waals surface area contributed by atoms with E-state index in [-0.39, 0.29) is 17.6 Å². The van der Waals surface area contributed by atoms with Crippen molar-refractivity contribution in [1.82, 2.24) is 14.7 Å². The maximum atomic E-state index is 13.1. The van der Waals surface area contributed by atoms with Crippen LogP contribution in [0.25, 0.3) is 0 Å². The molecule has 2 atom stereocenters. The van der Waals surface area contributed by atoms with Crippen LogP contribution in [-0.4, -0.2) is 76.7 Å². The maximum absolute atomic E-state index is 13.1. The first-order chi connectivity index (χ1) is 15.3. The molecule has 3 heterocycles. The first kappa shape index (κ1) is 21.6. The second kappa shape index (κ2) is 8.49. The van der Waals surface area contributed by atoms with E-state index < -0.39 is 24.0 Å². The van der Waals surface area contributed by atoms with Crippen molar-refractivity contribution >= 4 is 29.4 Å². The van der Waals surface area contributed by atoms with Crippen molar-refractivity contribution < 1.29 is 23.6 Å². The molecule has 4 rings (SSSR count). The van der Waals surface area contributed by atoms with E-state index in [9.17, 15) is 19.2 Å². The van der Waals surface area contributed by atoms with Crippen LogP contribution in [0.4, 0.5) is 10.5 Å². The van der Waals surface area contributed by atoms with Crippen molar-refractivity contribution in [2.24, 2.45) is 0 Å². The largest absolute Gasteiger partial charge is 0.459 e. The molecule has 2 aromatic rings. The van der Waals surface area contributed by atoms with E-state index in [1.165, 1.54) is 11.2 Å². The Hall–Kier alpha value is -3.62. The zero-order valence-electron chi connectivity index (χ0n) is 18.4. The quantitative estimate of drug-likeness (QED) is 0.682. The summed E-state index contributed by atoms with van der Waals surface area (Å²) in [6.07, 6.45) is 1.44. The van der Waals surface area contributed by atoms with Crippen LogP contribution in [0, 0.1) is 6.92 Å². The van der Waals surface area contributed by atoms with Crippen LogP contribution < -0.4 is 4.90 Å². The highest BCUT2D eigenvalue weighted by Crippen LogP contribution is 2.28. The first-order valence-corrected chi connectivity index (χ1v) is 10.6. The molecule has 1 aromatic heterocycles. The molecule has 32 heavy (non-hydrogen) atoms. The maximum Gasteiger partial charge on any atom is 0.332 e. The number of carbonyl (C=O) groups is 4. The lowest BCUT2D eigenvalue weighted by molar-refractivity contribution is -0.142. The van der Waals surface area contributed by atoms with E-state index >= 15 is 0 Å². The number of imide groups is 1. The van der Waals surface area contributed by atoms with E-state index in [0.29, 0.717) is 31.9 Å². The van der Waals surface area contributed by atoms with Crippen molar-refractivity contribution in [1.29, 1.82) is 0 Å². The summed E-state index contributed by atoms with van der Waals surface area (Å²) in [7, 11) is 0. The van der Waals surface area contributed by atoms with Gasteiger partial charge >= 0.3 is 6.03 Å². The zero-order valence-corrected chi connectivity index (χ0v) is 18.4. The number of furan rings is 1. The van der Waals surface area contributed by atoms with Gasteiger partial charge < -0.3 is 14.2 Å². The molecule has 0 aliphatic carbocycles. The molecular formula is C23H26N4O5. The average Bonchev–Trinajstić information content (AvgIpc) is 3.41. The number of rotatable bonds is 4. The van der Waals surface area contributed by atoms with Gasteiger partial charge in [0.2, 0.25) is 5.91 Å². The number of anilines is 1. The third-order valence-corrected chi connectivity index (χ3v) is 6.06. The molecule has 0 saturated carbocycles. The molecule has 0 radical (unpaired) electrons. The number of hydrogen-bond acceptors (Lipinski definition) is 5. The molecule has 0 N–H and O–H groups in total. The summed E-state index contributed by atoms with van der Waals surface area (Å²) in [6, 6.07) is 8.47. The highest BCUT2D eigenvalue weighted by molar-refractivity contribution is 6.16. The minimum Gasteiger partial charge on any atom is -0.459 e. The third-order valence-electron chi connectivity index (χ3n) is 6.06. The summed E-state index contributed by atoms with van der Waals surface area (Å²) in [6.45, 7) is 6.53. The molecule has 2 saturated heterocycles. The number of benzene rings is 1. The molecule has 2 fully saturated rings. The standard InChI is InChI=1S/C23H26N4O5/c1-15-6-8-18(9-7-15)26-17(3)21(29)27(23(26)31)16(2)20(28)24-10-12-25(13-11-24)22(30)19-5-4-14-32-19/h4-9,14,16-17H,10-13H2,1-3H3. The predicted molar refractivity (Wildman–Crippen MR) is 116 cm³/mol. The van der Waals surface area contributed by atoms with Gasteiger partial charge in [0.15, 0.2) is 5.76 Å². The van der Waals surface area contributed by atoms with Crippen molar-refractivity contribution in [3.05, 3.63) is 54.0 Å². The summed E-state index contributed by atoms with van der Waals surface area (Å²) < 4.78 is 5.16. The van der Waals surface area contributed by atoms with Crippen molar-refractivity contribution in [2.75, 3.05) is 31.1 Å². The van der Waals surface area contributed by atoms with Crippen LogP contribution in [0.15, 0.2) is 47.1 Å². The Kier molecular flexibility index (Phi) is 5.73. The predicted octanol–water partition coefficient (Wildman–Crippen LogP) is 2.12. The van der Waals surface area contributed by atoms with Gasteiger partial charge in [0.1, 0.15) is 12.1 Å². The van der Waals surface area contributed by atoms with Gasteiger partial charge in [-0.25, -0.2) is 9.69 Å². The zero-order chi connectivity index (χ0) is 23.0. The molecule has 1 aromatic carbocycles. The van der Waals surface area contributed by atoms with Gasteiger partial charge in [0.05, 0.1) is 6.26 Å². The Balaban J connectivity index is 1.42. The summed E-state index contributed by atoms with van der Waals surface area (Å²) in [4.78, 5) is 57.2. The summed E-state index contributed by atoms with van der Waals surface area (Å²) in [5, 5.41) is 0. The number of nitrogens with zero attached hydrogens (tertiary/aromatic N) is 4. The summed E-state index contributed by atoms with van der Waals surface area (Å²) in [5.41, 5.74) is 1.66. The average molecular weight is 438 g/mol. The number of aryl methyl sites for hydroxylation is 1. The molecule has 2 aliphatic rings. The van der Waals surface area contributed by atoms with E-state index in [1.807, 2.05) is 19.1 Å². The Bertz CT molecular complexity index is 1030. The van der Waals surface area contributed by atoms with Crippen LogP contribution in [0.5, 0.6) is 0 Å². The van der Waals surface area contributed by atoms with Crippen LogP contribution in [0.1, 0.15) is 30.0 Å². The molecule has 168 valence electrons. The van der Waals surface area contributed by atoms with Gasteiger partial charge in [-0.15, -0.1) is 0 Å². The lowest BCUT2D eigenvalue weighted by Gasteiger charge is -2.36. The van der Waals surface area contributed by atoms with E-state index in [2.05, 4.69) is 0 Å². The molecule has 9 nitrogen and oxygen atoms in total. The molecular weight excluding hydrogens is 412 g/mol. The van der Waals surface area contributed by atoms with Crippen LogP contribution >= 0.6 is 0 Å². The molecule has 2 aliphatic heterocycles. The monoisotopic (exact) mass is 438 g/mol. The fraction of sp³-hybridized carbons (Fsp3) is 0.391. The van der Waals surface area contributed by atoms with Crippen LogP contribution in [0.3, 0.4) is 0 Å². The van der Waals surface area contributed by atoms with Crippen LogP contribution in [0.2, 0.25) is 0 Å². The topological polar surface area (TPSA) is 94.4 Å².